The molecule has 0 unspecified atom stereocenters. The predicted octanol–water partition coefficient (Wildman–Crippen LogP) is 3.21. The van der Waals surface area contributed by atoms with Crippen LogP contribution in [-0.4, -0.2) is 19.0 Å². The fourth-order valence-electron chi connectivity index (χ4n) is 3.53. The molecular weight excluding hydrogens is 260 g/mol. The van der Waals surface area contributed by atoms with Crippen molar-refractivity contribution in [3.63, 3.8) is 0 Å². The molecule has 1 heterocycles. The highest BCUT2D eigenvalue weighted by molar-refractivity contribution is 5.98. The lowest BCUT2D eigenvalue weighted by Crippen LogP contribution is -2.26. The summed E-state index contributed by atoms with van der Waals surface area (Å²) in [6.45, 7) is 2.17. The van der Waals surface area contributed by atoms with E-state index < -0.39 is 0 Å². The number of nitrogens with two attached hydrogens (primary N) is 1. The Labute approximate surface area is 126 Å². The summed E-state index contributed by atoms with van der Waals surface area (Å²) in [4.78, 5) is 11.7. The molecule has 1 aromatic carbocycles. The van der Waals surface area contributed by atoms with Crippen LogP contribution in [0.3, 0.4) is 0 Å². The monoisotopic (exact) mass is 284 g/mol. The number of benzene rings is 1. The summed E-state index contributed by atoms with van der Waals surface area (Å²) >= 11 is 0. The minimum atomic E-state index is -0.312. The Bertz CT molecular complexity index is 556. The molecule has 2 aliphatic rings. The summed E-state index contributed by atoms with van der Waals surface area (Å²) < 4.78 is 0. The fourth-order valence-corrected chi connectivity index (χ4v) is 3.53. The standard InChI is InChI=1S/C18H24N2O/c19-18(21)16-7-6-15(13-8-10-20-11-9-13)12-17(16)14-4-2-1-3-5-14/h4,6-7,12-13,20H,1-3,5,8-11H2,(H2,19,21). The molecule has 0 spiro atoms. The zero-order valence-electron chi connectivity index (χ0n) is 12.5. The van der Waals surface area contributed by atoms with Crippen molar-refractivity contribution in [2.24, 2.45) is 5.73 Å². The van der Waals surface area contributed by atoms with Crippen LogP contribution >= 0.6 is 0 Å². The Morgan fingerprint density at radius 1 is 1.19 bits per heavy atom. The van der Waals surface area contributed by atoms with Crippen LogP contribution in [0.5, 0.6) is 0 Å². The normalized spacial score (nSPS) is 20.1. The van der Waals surface area contributed by atoms with E-state index >= 15 is 0 Å². The molecule has 0 bridgehead atoms. The van der Waals surface area contributed by atoms with Crippen LogP contribution in [0.25, 0.3) is 5.57 Å². The molecule has 1 fully saturated rings. The SMILES string of the molecule is NC(=O)c1ccc(C2CCNCC2)cc1C1=CCCCC1. The summed E-state index contributed by atoms with van der Waals surface area (Å²) in [6, 6.07) is 6.26. The maximum absolute atomic E-state index is 11.7. The van der Waals surface area contributed by atoms with Gasteiger partial charge in [0, 0.05) is 5.56 Å². The Morgan fingerprint density at radius 2 is 2.00 bits per heavy atom. The largest absolute Gasteiger partial charge is 0.366 e. The number of rotatable bonds is 3. The van der Waals surface area contributed by atoms with Gasteiger partial charge in [0.05, 0.1) is 0 Å². The van der Waals surface area contributed by atoms with Gasteiger partial charge in [0.2, 0.25) is 5.91 Å². The van der Waals surface area contributed by atoms with Gasteiger partial charge in [0.25, 0.3) is 0 Å². The van der Waals surface area contributed by atoms with E-state index in [9.17, 15) is 4.79 Å². The Kier molecular flexibility index (Phi) is 4.39. The van der Waals surface area contributed by atoms with E-state index in [2.05, 4.69) is 23.5 Å². The minimum absolute atomic E-state index is 0.312. The molecule has 1 aliphatic carbocycles. The number of hydrogen-bond donors (Lipinski definition) is 2. The third-order valence-electron chi connectivity index (χ3n) is 4.76. The molecule has 3 rings (SSSR count). The second-order valence-corrected chi connectivity index (χ2v) is 6.17. The maximum Gasteiger partial charge on any atom is 0.249 e. The second-order valence-electron chi connectivity index (χ2n) is 6.17. The molecule has 3 heteroatoms. The summed E-state index contributed by atoms with van der Waals surface area (Å²) in [5, 5.41) is 3.41. The average Bonchev–Trinajstić information content (AvgIpc) is 2.56. The van der Waals surface area contributed by atoms with Crippen molar-refractivity contribution in [1.29, 1.82) is 0 Å². The van der Waals surface area contributed by atoms with Gasteiger partial charge in [-0.3, -0.25) is 4.79 Å². The van der Waals surface area contributed by atoms with E-state index in [0.717, 1.165) is 31.5 Å². The molecule has 1 saturated heterocycles. The number of nitrogens with one attached hydrogen (secondary N) is 1. The van der Waals surface area contributed by atoms with E-state index in [1.165, 1.54) is 36.8 Å². The van der Waals surface area contributed by atoms with Gasteiger partial charge in [0.1, 0.15) is 0 Å². The second kappa shape index (κ2) is 6.44. The van der Waals surface area contributed by atoms with Gasteiger partial charge in [-0.05, 0) is 80.3 Å². The quantitative estimate of drug-likeness (QED) is 0.895. The molecule has 0 atom stereocenters. The third-order valence-corrected chi connectivity index (χ3v) is 4.76. The smallest absolute Gasteiger partial charge is 0.249 e. The maximum atomic E-state index is 11.7. The predicted molar refractivity (Wildman–Crippen MR) is 86.2 cm³/mol. The first-order valence-electron chi connectivity index (χ1n) is 8.09. The fraction of sp³-hybridized carbons (Fsp3) is 0.500. The molecule has 3 nitrogen and oxygen atoms in total. The first-order valence-corrected chi connectivity index (χ1v) is 8.09. The number of primary amides is 1. The van der Waals surface area contributed by atoms with Gasteiger partial charge < -0.3 is 11.1 Å². The van der Waals surface area contributed by atoms with Crippen LogP contribution in [0.1, 0.15) is 65.9 Å². The molecule has 1 aliphatic heterocycles. The van der Waals surface area contributed by atoms with Crippen molar-refractivity contribution in [2.45, 2.75) is 44.4 Å². The van der Waals surface area contributed by atoms with E-state index in [0.29, 0.717) is 11.5 Å². The number of hydrogen-bond acceptors (Lipinski definition) is 2. The van der Waals surface area contributed by atoms with Crippen molar-refractivity contribution in [2.75, 3.05) is 13.1 Å². The van der Waals surface area contributed by atoms with E-state index in [-0.39, 0.29) is 5.91 Å². The molecule has 112 valence electrons. The Morgan fingerprint density at radius 3 is 2.67 bits per heavy atom. The highest BCUT2D eigenvalue weighted by Gasteiger charge is 2.19. The van der Waals surface area contributed by atoms with Gasteiger partial charge in [-0.15, -0.1) is 0 Å². The molecule has 0 saturated carbocycles. The molecular formula is C18H24N2O. The lowest BCUT2D eigenvalue weighted by molar-refractivity contribution is 0.1000. The summed E-state index contributed by atoms with van der Waals surface area (Å²) in [7, 11) is 0. The highest BCUT2D eigenvalue weighted by atomic mass is 16.1. The zero-order chi connectivity index (χ0) is 14.7. The first-order chi connectivity index (χ1) is 10.3. The summed E-state index contributed by atoms with van der Waals surface area (Å²) in [6.07, 6.45) is 9.28. The van der Waals surface area contributed by atoms with Gasteiger partial charge in [-0.25, -0.2) is 0 Å². The summed E-state index contributed by atoms with van der Waals surface area (Å²) in [5.41, 5.74) is 10.0. The van der Waals surface area contributed by atoms with Crippen LogP contribution in [0.15, 0.2) is 24.3 Å². The van der Waals surface area contributed by atoms with Crippen LogP contribution < -0.4 is 11.1 Å². The number of carbonyl (C=O) groups is 1. The van der Waals surface area contributed by atoms with E-state index in [4.69, 9.17) is 5.73 Å². The van der Waals surface area contributed by atoms with Crippen LogP contribution in [0, 0.1) is 0 Å². The lowest BCUT2D eigenvalue weighted by atomic mass is 9.84. The van der Waals surface area contributed by atoms with Gasteiger partial charge in [-0.2, -0.15) is 0 Å². The van der Waals surface area contributed by atoms with Crippen molar-refractivity contribution < 1.29 is 4.79 Å². The molecule has 3 N–H and O–H groups in total. The lowest BCUT2D eigenvalue weighted by Gasteiger charge is -2.24. The molecule has 1 aromatic rings. The minimum Gasteiger partial charge on any atom is -0.366 e. The van der Waals surface area contributed by atoms with E-state index in [1.54, 1.807) is 0 Å². The van der Waals surface area contributed by atoms with Crippen molar-refractivity contribution in [1.82, 2.24) is 5.32 Å². The van der Waals surface area contributed by atoms with Crippen molar-refractivity contribution >= 4 is 11.5 Å². The Hall–Kier alpha value is -1.61. The van der Waals surface area contributed by atoms with Gasteiger partial charge >= 0.3 is 0 Å². The molecule has 21 heavy (non-hydrogen) atoms. The van der Waals surface area contributed by atoms with Gasteiger partial charge in [-0.1, -0.05) is 18.2 Å². The molecule has 0 radical (unpaired) electrons. The average molecular weight is 284 g/mol. The number of amides is 1. The van der Waals surface area contributed by atoms with Crippen molar-refractivity contribution in [3.8, 4) is 0 Å². The third kappa shape index (κ3) is 3.18. The zero-order valence-corrected chi connectivity index (χ0v) is 12.5. The summed E-state index contributed by atoms with van der Waals surface area (Å²) in [5.74, 6) is 0.296. The number of allylic oxidation sites excluding steroid dienone is 2. The topological polar surface area (TPSA) is 55.1 Å². The van der Waals surface area contributed by atoms with Crippen LogP contribution in [0.2, 0.25) is 0 Å². The first kappa shape index (κ1) is 14.3. The Balaban J connectivity index is 1.97. The van der Waals surface area contributed by atoms with Crippen LogP contribution in [0.4, 0.5) is 0 Å². The molecule has 0 aromatic heterocycles. The van der Waals surface area contributed by atoms with Crippen LogP contribution in [-0.2, 0) is 0 Å². The number of piperidine rings is 1. The molecule has 1 amide bonds. The highest BCUT2D eigenvalue weighted by Crippen LogP contribution is 2.33. The van der Waals surface area contributed by atoms with Gasteiger partial charge in [0.15, 0.2) is 0 Å². The van der Waals surface area contributed by atoms with E-state index in [1.807, 2.05) is 6.07 Å². The number of carbonyl (C=O) groups excluding carboxylic acids is 1. The van der Waals surface area contributed by atoms with Crippen molar-refractivity contribution in [3.05, 3.63) is 41.0 Å².